The Kier molecular flexibility index (Phi) is 4.04. The minimum Gasteiger partial charge on any atom is -0.328 e. The third-order valence-corrected chi connectivity index (χ3v) is 5.03. The van der Waals surface area contributed by atoms with Crippen molar-refractivity contribution in [2.24, 2.45) is 0 Å². The minimum absolute atomic E-state index is 0.194. The van der Waals surface area contributed by atoms with Crippen molar-refractivity contribution < 1.29 is 0 Å². The third kappa shape index (κ3) is 2.44. The Hall–Kier alpha value is -2.62. The monoisotopic (exact) mass is 332 g/mol. The lowest BCUT2D eigenvalue weighted by molar-refractivity contribution is 0.584. The molecule has 4 rings (SSSR count). The lowest BCUT2D eigenvalue weighted by Crippen LogP contribution is -2.14. The molecule has 0 atom stereocenters. The normalized spacial score (nSPS) is 11.8. The summed E-state index contributed by atoms with van der Waals surface area (Å²) in [5, 5.41) is 0. The molecule has 0 aliphatic carbocycles. The van der Waals surface area contributed by atoms with E-state index in [4.69, 9.17) is 9.97 Å². The molecule has 25 heavy (non-hydrogen) atoms. The molecular formula is C21H24N4. The van der Waals surface area contributed by atoms with Crippen LogP contribution in [0.5, 0.6) is 0 Å². The summed E-state index contributed by atoms with van der Waals surface area (Å²) in [6, 6.07) is 16.8. The van der Waals surface area contributed by atoms with Crippen molar-refractivity contribution in [2.45, 2.75) is 46.2 Å². The lowest BCUT2D eigenvalue weighted by atomic mass is 10.0. The van der Waals surface area contributed by atoms with Gasteiger partial charge in [0.2, 0.25) is 0 Å². The molecule has 0 aliphatic heterocycles. The first-order valence-electron chi connectivity index (χ1n) is 9.18. The number of para-hydroxylation sites is 4. The molecular weight excluding hydrogens is 308 g/mol. The van der Waals surface area contributed by atoms with Gasteiger partial charge in [0.05, 0.1) is 28.0 Å². The van der Waals surface area contributed by atoms with Gasteiger partial charge in [-0.2, -0.15) is 0 Å². The fraction of sp³-hybridized carbons (Fsp3) is 0.333. The standard InChI is InChI=1S/C21H24N4/c1-4-15(20-22-16-11-7-9-13-18(16)24(20)5-2)21-23-17-12-8-10-14-19(17)25(21)6-3/h7-15H,4-6H2,1-3H3. The summed E-state index contributed by atoms with van der Waals surface area (Å²) in [6.45, 7) is 8.43. The van der Waals surface area contributed by atoms with Gasteiger partial charge in [-0.1, -0.05) is 31.2 Å². The van der Waals surface area contributed by atoms with Crippen molar-refractivity contribution in [1.82, 2.24) is 19.1 Å². The maximum Gasteiger partial charge on any atom is 0.120 e. The molecule has 0 N–H and O–H groups in total. The van der Waals surface area contributed by atoms with E-state index in [0.29, 0.717) is 0 Å². The molecule has 0 spiro atoms. The summed E-state index contributed by atoms with van der Waals surface area (Å²) in [4.78, 5) is 9.97. The Morgan fingerprint density at radius 1 is 0.720 bits per heavy atom. The number of hydrogen-bond donors (Lipinski definition) is 0. The molecule has 0 fully saturated rings. The van der Waals surface area contributed by atoms with Crippen LogP contribution in [0.1, 0.15) is 44.8 Å². The van der Waals surface area contributed by atoms with Crippen molar-refractivity contribution in [2.75, 3.05) is 0 Å². The number of nitrogens with zero attached hydrogens (tertiary/aromatic N) is 4. The topological polar surface area (TPSA) is 35.6 Å². The van der Waals surface area contributed by atoms with Gasteiger partial charge >= 0.3 is 0 Å². The lowest BCUT2D eigenvalue weighted by Gasteiger charge is -2.17. The molecule has 0 amide bonds. The van der Waals surface area contributed by atoms with Gasteiger partial charge < -0.3 is 9.13 Å². The molecule has 4 heteroatoms. The number of benzene rings is 2. The van der Waals surface area contributed by atoms with Crippen LogP contribution >= 0.6 is 0 Å². The molecule has 0 unspecified atom stereocenters. The van der Waals surface area contributed by atoms with Crippen LogP contribution in [0.15, 0.2) is 48.5 Å². The van der Waals surface area contributed by atoms with Gasteiger partial charge in [0.15, 0.2) is 0 Å². The Balaban J connectivity index is 1.95. The largest absolute Gasteiger partial charge is 0.328 e. The molecule has 0 saturated carbocycles. The highest BCUT2D eigenvalue weighted by molar-refractivity contribution is 5.77. The molecule has 2 heterocycles. The fourth-order valence-electron chi connectivity index (χ4n) is 3.87. The molecule has 2 aromatic carbocycles. The van der Waals surface area contributed by atoms with E-state index in [1.807, 2.05) is 0 Å². The summed E-state index contributed by atoms with van der Waals surface area (Å²) in [5.41, 5.74) is 4.55. The third-order valence-electron chi connectivity index (χ3n) is 5.03. The van der Waals surface area contributed by atoms with Crippen molar-refractivity contribution in [3.63, 3.8) is 0 Å². The molecule has 0 radical (unpaired) electrons. The SMILES string of the molecule is CCC(c1nc2ccccc2n1CC)c1nc2ccccc2n1CC. The van der Waals surface area contributed by atoms with Gasteiger partial charge in [-0.05, 0) is 44.5 Å². The van der Waals surface area contributed by atoms with E-state index in [9.17, 15) is 0 Å². The second kappa shape index (κ2) is 6.36. The molecule has 0 saturated heterocycles. The highest BCUT2D eigenvalue weighted by atomic mass is 15.1. The second-order valence-corrected chi connectivity index (χ2v) is 6.37. The summed E-state index contributed by atoms with van der Waals surface area (Å²) in [7, 11) is 0. The van der Waals surface area contributed by atoms with Gasteiger partial charge in [-0.3, -0.25) is 0 Å². The van der Waals surface area contributed by atoms with E-state index in [1.165, 1.54) is 11.0 Å². The second-order valence-electron chi connectivity index (χ2n) is 6.37. The van der Waals surface area contributed by atoms with Crippen molar-refractivity contribution in [1.29, 1.82) is 0 Å². The van der Waals surface area contributed by atoms with Crippen LogP contribution < -0.4 is 0 Å². The first-order valence-corrected chi connectivity index (χ1v) is 9.18. The molecule has 4 nitrogen and oxygen atoms in total. The Morgan fingerprint density at radius 2 is 1.16 bits per heavy atom. The summed E-state index contributed by atoms with van der Waals surface area (Å²) >= 11 is 0. The summed E-state index contributed by atoms with van der Waals surface area (Å²) < 4.78 is 4.67. The molecule has 0 aliphatic rings. The van der Waals surface area contributed by atoms with Crippen molar-refractivity contribution >= 4 is 22.1 Å². The maximum atomic E-state index is 4.99. The van der Waals surface area contributed by atoms with Gasteiger partial charge in [0.25, 0.3) is 0 Å². The number of imidazole rings is 2. The Bertz CT molecular complexity index is 943. The van der Waals surface area contributed by atoms with Crippen LogP contribution in [0.4, 0.5) is 0 Å². The molecule has 0 bridgehead atoms. The molecule has 2 aromatic heterocycles. The number of rotatable bonds is 5. The number of aromatic nitrogens is 4. The first kappa shape index (κ1) is 15.9. The molecule has 128 valence electrons. The fourth-order valence-corrected chi connectivity index (χ4v) is 3.87. The predicted molar refractivity (Wildman–Crippen MR) is 103 cm³/mol. The van der Waals surface area contributed by atoms with E-state index in [-0.39, 0.29) is 5.92 Å². The Morgan fingerprint density at radius 3 is 1.56 bits per heavy atom. The highest BCUT2D eigenvalue weighted by Gasteiger charge is 2.25. The van der Waals surface area contributed by atoms with Gasteiger partial charge in [0.1, 0.15) is 11.6 Å². The number of hydrogen-bond acceptors (Lipinski definition) is 2. The zero-order valence-corrected chi connectivity index (χ0v) is 15.1. The average molecular weight is 332 g/mol. The predicted octanol–water partition coefficient (Wildman–Crippen LogP) is 4.97. The van der Waals surface area contributed by atoms with Crippen LogP contribution in [0, 0.1) is 0 Å². The zero-order chi connectivity index (χ0) is 17.4. The van der Waals surface area contributed by atoms with E-state index >= 15 is 0 Å². The van der Waals surface area contributed by atoms with Crippen molar-refractivity contribution in [3.8, 4) is 0 Å². The maximum absolute atomic E-state index is 4.99. The highest BCUT2D eigenvalue weighted by Crippen LogP contribution is 2.31. The quantitative estimate of drug-likeness (QED) is 0.517. The van der Waals surface area contributed by atoms with Crippen LogP contribution in [-0.4, -0.2) is 19.1 Å². The van der Waals surface area contributed by atoms with E-state index in [1.54, 1.807) is 0 Å². The minimum atomic E-state index is 0.194. The summed E-state index contributed by atoms with van der Waals surface area (Å²) in [5.74, 6) is 2.44. The van der Waals surface area contributed by atoms with E-state index < -0.39 is 0 Å². The van der Waals surface area contributed by atoms with Crippen LogP contribution in [0.2, 0.25) is 0 Å². The van der Waals surface area contributed by atoms with Gasteiger partial charge in [-0.25, -0.2) is 9.97 Å². The smallest absolute Gasteiger partial charge is 0.120 e. The van der Waals surface area contributed by atoms with Gasteiger partial charge in [-0.15, -0.1) is 0 Å². The number of aryl methyl sites for hydroxylation is 2. The average Bonchev–Trinajstić information content (AvgIpc) is 3.20. The zero-order valence-electron chi connectivity index (χ0n) is 15.1. The van der Waals surface area contributed by atoms with Crippen molar-refractivity contribution in [3.05, 3.63) is 60.2 Å². The van der Waals surface area contributed by atoms with Gasteiger partial charge in [0, 0.05) is 13.1 Å². The first-order chi connectivity index (χ1) is 12.3. The van der Waals surface area contributed by atoms with Crippen LogP contribution in [-0.2, 0) is 13.1 Å². The van der Waals surface area contributed by atoms with E-state index in [0.717, 1.165) is 42.2 Å². The van der Waals surface area contributed by atoms with Crippen LogP contribution in [0.25, 0.3) is 22.1 Å². The summed E-state index contributed by atoms with van der Waals surface area (Å²) in [6.07, 6.45) is 0.979. The molecule has 4 aromatic rings. The number of fused-ring (bicyclic) bond motifs is 2. The van der Waals surface area contributed by atoms with E-state index in [2.05, 4.69) is 78.4 Å². The van der Waals surface area contributed by atoms with Crippen LogP contribution in [0.3, 0.4) is 0 Å². The Labute approximate surface area is 148 Å².